The van der Waals surface area contributed by atoms with E-state index in [4.69, 9.17) is 10.5 Å². The monoisotopic (exact) mass is 227 g/mol. The van der Waals surface area contributed by atoms with Gasteiger partial charge in [-0.1, -0.05) is 0 Å². The highest BCUT2D eigenvalue weighted by molar-refractivity contribution is 5.92. The van der Waals surface area contributed by atoms with Crippen LogP contribution in [0.5, 0.6) is 0 Å². The fraction of sp³-hybridized carbons (Fsp3) is 0.600. The lowest BCUT2D eigenvalue weighted by molar-refractivity contribution is 0.0594. The van der Waals surface area contributed by atoms with Gasteiger partial charge in [-0.2, -0.15) is 5.10 Å². The maximum Gasteiger partial charge on any atom is 0.360 e. The molecule has 0 spiro atoms. The Hall–Kier alpha value is -1.56. The lowest BCUT2D eigenvalue weighted by Gasteiger charge is -2.00. The summed E-state index contributed by atoms with van der Waals surface area (Å²) in [6.07, 6.45) is 3.51. The van der Waals surface area contributed by atoms with Crippen molar-refractivity contribution in [3.8, 4) is 0 Å². The number of nitrogens with two attached hydrogens (primary N) is 1. The summed E-state index contributed by atoms with van der Waals surface area (Å²) in [5.41, 5.74) is 6.16. The van der Waals surface area contributed by atoms with Gasteiger partial charge in [0.2, 0.25) is 0 Å². The van der Waals surface area contributed by atoms with Crippen molar-refractivity contribution in [1.29, 1.82) is 0 Å². The number of nitrogen functional groups attached to an aromatic ring is 1. The van der Waals surface area contributed by atoms with E-state index >= 15 is 0 Å². The Labute approximate surface area is 94.3 Å². The summed E-state index contributed by atoms with van der Waals surface area (Å²) in [6, 6.07) is 0. The lowest BCUT2D eigenvalue weighted by atomic mass is 10.3. The van der Waals surface area contributed by atoms with Crippen LogP contribution < -0.4 is 5.73 Å². The van der Waals surface area contributed by atoms with E-state index in [-0.39, 0.29) is 5.69 Å². The molecular weight excluding hydrogens is 210 g/mol. The molecule has 16 heavy (non-hydrogen) atoms. The quantitative estimate of drug-likeness (QED) is 0.571. The minimum atomic E-state index is -0.506. The summed E-state index contributed by atoms with van der Waals surface area (Å²) in [4.78, 5) is 11.2. The number of rotatable bonds is 6. The number of nitrogens with zero attached hydrogens (tertiary/aromatic N) is 2. The summed E-state index contributed by atoms with van der Waals surface area (Å²) in [6.45, 7) is 1.44. The molecule has 90 valence electrons. The molecule has 1 aromatic heterocycles. The molecule has 0 saturated heterocycles. The standard InChI is InChI=1S/C10H17N3O3/c1-15-6-4-3-5-13-7-8(11)9(12-13)10(14)16-2/h7H,3-6,11H2,1-2H3. The Morgan fingerprint density at radius 2 is 2.25 bits per heavy atom. The molecule has 1 heterocycles. The first-order valence-corrected chi connectivity index (χ1v) is 5.09. The number of anilines is 1. The molecule has 0 amide bonds. The zero-order chi connectivity index (χ0) is 12.0. The lowest BCUT2D eigenvalue weighted by Crippen LogP contribution is -2.07. The summed E-state index contributed by atoms with van der Waals surface area (Å²) < 4.78 is 11.1. The van der Waals surface area contributed by atoms with Gasteiger partial charge in [-0.3, -0.25) is 4.68 Å². The molecule has 0 aromatic carbocycles. The van der Waals surface area contributed by atoms with Gasteiger partial charge in [0.25, 0.3) is 0 Å². The topological polar surface area (TPSA) is 79.4 Å². The number of carbonyl (C=O) groups excluding carboxylic acids is 1. The van der Waals surface area contributed by atoms with Crippen molar-refractivity contribution < 1.29 is 14.3 Å². The Kier molecular flexibility index (Phi) is 4.78. The Bertz CT molecular complexity index is 349. The SMILES string of the molecule is COCCCCn1cc(N)c(C(=O)OC)n1. The molecule has 0 unspecified atom stereocenters. The molecule has 0 atom stereocenters. The first-order valence-electron chi connectivity index (χ1n) is 5.09. The molecule has 6 nitrogen and oxygen atoms in total. The normalized spacial score (nSPS) is 10.4. The molecule has 2 N–H and O–H groups in total. The van der Waals surface area contributed by atoms with Crippen LogP contribution in [0.4, 0.5) is 5.69 Å². The van der Waals surface area contributed by atoms with Crippen LogP contribution in [-0.4, -0.2) is 36.6 Å². The highest BCUT2D eigenvalue weighted by atomic mass is 16.5. The molecule has 0 aliphatic carbocycles. The van der Waals surface area contributed by atoms with E-state index in [1.165, 1.54) is 7.11 Å². The van der Waals surface area contributed by atoms with Gasteiger partial charge >= 0.3 is 5.97 Å². The molecule has 0 fully saturated rings. The maximum absolute atomic E-state index is 11.2. The molecule has 0 aliphatic rings. The van der Waals surface area contributed by atoms with Gasteiger partial charge in [0.1, 0.15) is 0 Å². The van der Waals surface area contributed by atoms with Crippen molar-refractivity contribution in [3.05, 3.63) is 11.9 Å². The van der Waals surface area contributed by atoms with Crippen molar-refractivity contribution in [3.63, 3.8) is 0 Å². The third-order valence-electron chi connectivity index (χ3n) is 2.15. The number of hydrogen-bond donors (Lipinski definition) is 1. The van der Waals surface area contributed by atoms with Crippen LogP contribution in [0.2, 0.25) is 0 Å². The van der Waals surface area contributed by atoms with E-state index in [2.05, 4.69) is 9.84 Å². The van der Waals surface area contributed by atoms with E-state index < -0.39 is 5.97 Å². The van der Waals surface area contributed by atoms with Gasteiger partial charge in [0.05, 0.1) is 12.8 Å². The molecule has 0 bridgehead atoms. The van der Waals surface area contributed by atoms with Crippen LogP contribution in [0.1, 0.15) is 23.3 Å². The molecule has 6 heteroatoms. The number of methoxy groups -OCH3 is 2. The minimum absolute atomic E-state index is 0.175. The maximum atomic E-state index is 11.2. The molecular formula is C10H17N3O3. The van der Waals surface area contributed by atoms with Crippen molar-refractivity contribution in [2.75, 3.05) is 26.6 Å². The fourth-order valence-corrected chi connectivity index (χ4v) is 1.33. The smallest absolute Gasteiger partial charge is 0.360 e. The van der Waals surface area contributed by atoms with Gasteiger partial charge < -0.3 is 15.2 Å². The van der Waals surface area contributed by atoms with E-state index in [1.54, 1.807) is 18.0 Å². The van der Waals surface area contributed by atoms with Crippen molar-refractivity contribution >= 4 is 11.7 Å². The first-order chi connectivity index (χ1) is 7.69. The summed E-state index contributed by atoms with van der Waals surface area (Å²) in [5, 5.41) is 4.05. The van der Waals surface area contributed by atoms with Crippen molar-refractivity contribution in [2.24, 2.45) is 0 Å². The average Bonchev–Trinajstić information content (AvgIpc) is 2.65. The van der Waals surface area contributed by atoms with Gasteiger partial charge in [-0.25, -0.2) is 4.79 Å². The predicted octanol–water partition coefficient (Wildman–Crippen LogP) is 0.678. The number of aromatic nitrogens is 2. The first kappa shape index (κ1) is 12.5. The van der Waals surface area contributed by atoms with Crippen LogP contribution in [0.25, 0.3) is 0 Å². The predicted molar refractivity (Wildman–Crippen MR) is 59.1 cm³/mol. The number of carbonyl (C=O) groups is 1. The third kappa shape index (κ3) is 3.23. The molecule has 1 rings (SSSR count). The fourth-order valence-electron chi connectivity index (χ4n) is 1.33. The number of unbranched alkanes of at least 4 members (excludes halogenated alkanes) is 1. The van der Waals surface area contributed by atoms with E-state index in [0.717, 1.165) is 19.4 Å². The second kappa shape index (κ2) is 6.12. The third-order valence-corrected chi connectivity index (χ3v) is 2.15. The zero-order valence-electron chi connectivity index (χ0n) is 9.60. The van der Waals surface area contributed by atoms with Crippen LogP contribution >= 0.6 is 0 Å². The highest BCUT2D eigenvalue weighted by Crippen LogP contribution is 2.10. The Morgan fingerprint density at radius 1 is 1.50 bits per heavy atom. The number of ether oxygens (including phenoxy) is 2. The van der Waals surface area contributed by atoms with Gasteiger partial charge in [0, 0.05) is 26.5 Å². The average molecular weight is 227 g/mol. The summed E-state index contributed by atoms with van der Waals surface area (Å²) >= 11 is 0. The number of esters is 1. The minimum Gasteiger partial charge on any atom is -0.464 e. The van der Waals surface area contributed by atoms with Crippen LogP contribution in [-0.2, 0) is 16.0 Å². The van der Waals surface area contributed by atoms with Crippen molar-refractivity contribution in [1.82, 2.24) is 9.78 Å². The highest BCUT2D eigenvalue weighted by Gasteiger charge is 2.14. The summed E-state index contributed by atoms with van der Waals surface area (Å²) in [5.74, 6) is -0.506. The number of hydrogen-bond acceptors (Lipinski definition) is 5. The van der Waals surface area contributed by atoms with Gasteiger partial charge in [0.15, 0.2) is 5.69 Å². The van der Waals surface area contributed by atoms with Crippen LogP contribution in [0, 0.1) is 0 Å². The van der Waals surface area contributed by atoms with E-state index in [1.807, 2.05) is 0 Å². The molecule has 1 aromatic rings. The second-order valence-corrected chi connectivity index (χ2v) is 3.39. The van der Waals surface area contributed by atoms with E-state index in [9.17, 15) is 4.79 Å². The summed E-state index contributed by atoms with van der Waals surface area (Å²) in [7, 11) is 2.97. The van der Waals surface area contributed by atoms with E-state index in [0.29, 0.717) is 12.2 Å². The zero-order valence-corrected chi connectivity index (χ0v) is 9.60. The Morgan fingerprint density at radius 3 is 2.88 bits per heavy atom. The van der Waals surface area contributed by atoms with Crippen molar-refractivity contribution in [2.45, 2.75) is 19.4 Å². The van der Waals surface area contributed by atoms with Crippen LogP contribution in [0.3, 0.4) is 0 Å². The largest absolute Gasteiger partial charge is 0.464 e. The van der Waals surface area contributed by atoms with Crippen LogP contribution in [0.15, 0.2) is 6.20 Å². The molecule has 0 radical (unpaired) electrons. The Balaban J connectivity index is 2.52. The van der Waals surface area contributed by atoms with Gasteiger partial charge in [-0.05, 0) is 12.8 Å². The molecule has 0 aliphatic heterocycles. The second-order valence-electron chi connectivity index (χ2n) is 3.39. The number of aryl methyl sites for hydroxylation is 1. The molecule has 0 saturated carbocycles. The van der Waals surface area contributed by atoms with Gasteiger partial charge in [-0.15, -0.1) is 0 Å².